The Kier molecular flexibility index (Phi) is 3.10. The molecule has 0 N–H and O–H groups in total. The first kappa shape index (κ1) is 9.53. The van der Waals surface area contributed by atoms with Crippen LogP contribution in [0.2, 0.25) is 0 Å². The summed E-state index contributed by atoms with van der Waals surface area (Å²) >= 11 is 0. The van der Waals surface area contributed by atoms with Gasteiger partial charge in [0.05, 0.1) is 11.8 Å². The fourth-order valence-electron chi connectivity index (χ4n) is 1.69. The molecule has 0 aromatic rings. The highest BCUT2D eigenvalue weighted by atomic mass is 32.2. The van der Waals surface area contributed by atoms with E-state index in [0.29, 0.717) is 5.92 Å². The predicted octanol–water partition coefficient (Wildman–Crippen LogP) is 1.11. The van der Waals surface area contributed by atoms with Crippen LogP contribution in [-0.4, -0.2) is 19.9 Å². The molecule has 1 aliphatic rings. The standard InChI is InChI=1S/C8H13NO2S/c9-5-6-12(10,11)7-8-3-1-2-4-8/h8H,1-4,6-7H2. The predicted molar refractivity (Wildman–Crippen MR) is 46.2 cm³/mol. The minimum atomic E-state index is -3.08. The normalized spacial score (nSPS) is 19.2. The third-order valence-corrected chi connectivity index (χ3v) is 3.80. The Balaban J connectivity index is 2.44. The molecule has 4 heteroatoms. The van der Waals surface area contributed by atoms with Gasteiger partial charge >= 0.3 is 0 Å². The molecule has 1 rings (SSSR count). The summed E-state index contributed by atoms with van der Waals surface area (Å²) in [7, 11) is -3.08. The van der Waals surface area contributed by atoms with Gasteiger partial charge in [-0.15, -0.1) is 0 Å². The summed E-state index contributed by atoms with van der Waals surface area (Å²) in [4.78, 5) is 0. The molecule has 3 nitrogen and oxygen atoms in total. The van der Waals surface area contributed by atoms with E-state index in [0.717, 1.165) is 25.7 Å². The van der Waals surface area contributed by atoms with Gasteiger partial charge in [-0.05, 0) is 18.8 Å². The molecule has 1 fully saturated rings. The molecule has 0 amide bonds. The van der Waals surface area contributed by atoms with Crippen LogP contribution in [0.4, 0.5) is 0 Å². The van der Waals surface area contributed by atoms with Gasteiger partial charge in [-0.2, -0.15) is 5.26 Å². The number of hydrogen-bond acceptors (Lipinski definition) is 3. The van der Waals surface area contributed by atoms with Crippen LogP contribution >= 0.6 is 0 Å². The molecule has 68 valence electrons. The van der Waals surface area contributed by atoms with Crippen LogP contribution in [0.5, 0.6) is 0 Å². The third-order valence-electron chi connectivity index (χ3n) is 2.25. The van der Waals surface area contributed by atoms with Crippen molar-refractivity contribution in [3.63, 3.8) is 0 Å². The summed E-state index contributed by atoms with van der Waals surface area (Å²) in [6.45, 7) is 0. The topological polar surface area (TPSA) is 57.9 Å². The number of rotatable bonds is 3. The molecule has 0 aromatic carbocycles. The van der Waals surface area contributed by atoms with Crippen molar-refractivity contribution in [1.29, 1.82) is 5.26 Å². The van der Waals surface area contributed by atoms with E-state index in [-0.39, 0.29) is 11.5 Å². The quantitative estimate of drug-likeness (QED) is 0.665. The molecule has 1 saturated carbocycles. The van der Waals surface area contributed by atoms with E-state index in [1.165, 1.54) is 0 Å². The smallest absolute Gasteiger partial charge is 0.163 e. The highest BCUT2D eigenvalue weighted by Crippen LogP contribution is 2.25. The van der Waals surface area contributed by atoms with E-state index >= 15 is 0 Å². The highest BCUT2D eigenvalue weighted by Gasteiger charge is 2.21. The zero-order valence-electron chi connectivity index (χ0n) is 6.99. The second-order valence-electron chi connectivity index (χ2n) is 3.36. The van der Waals surface area contributed by atoms with Crippen LogP contribution in [0.25, 0.3) is 0 Å². The molecule has 0 spiro atoms. The number of sulfone groups is 1. The minimum absolute atomic E-state index is 0.223. The van der Waals surface area contributed by atoms with Gasteiger partial charge in [0, 0.05) is 0 Å². The van der Waals surface area contributed by atoms with E-state index in [9.17, 15) is 8.42 Å². The molecule has 0 aliphatic heterocycles. The maximum absolute atomic E-state index is 11.2. The fourth-order valence-corrected chi connectivity index (χ4v) is 3.06. The second-order valence-corrected chi connectivity index (χ2v) is 5.47. The van der Waals surface area contributed by atoms with E-state index in [2.05, 4.69) is 0 Å². The molecule has 0 saturated heterocycles. The zero-order chi connectivity index (χ0) is 9.03. The van der Waals surface area contributed by atoms with Crippen molar-refractivity contribution in [2.75, 3.05) is 11.5 Å². The molecule has 1 aliphatic carbocycles. The molecule has 0 bridgehead atoms. The van der Waals surface area contributed by atoms with Gasteiger partial charge in [0.15, 0.2) is 9.84 Å². The molecule has 0 unspecified atom stereocenters. The van der Waals surface area contributed by atoms with Crippen LogP contribution in [0.1, 0.15) is 25.7 Å². The lowest BCUT2D eigenvalue weighted by atomic mass is 10.1. The SMILES string of the molecule is N#CCS(=O)(=O)CC1CCCC1. The first-order valence-electron chi connectivity index (χ1n) is 4.21. The van der Waals surface area contributed by atoms with Crippen molar-refractivity contribution < 1.29 is 8.42 Å². The lowest BCUT2D eigenvalue weighted by molar-refractivity contribution is 0.561. The molecule has 0 aromatic heterocycles. The van der Waals surface area contributed by atoms with Gasteiger partial charge in [-0.3, -0.25) is 0 Å². The van der Waals surface area contributed by atoms with E-state index in [1.54, 1.807) is 6.07 Å². The van der Waals surface area contributed by atoms with Crippen LogP contribution in [0.15, 0.2) is 0 Å². The summed E-state index contributed by atoms with van der Waals surface area (Å²) in [6, 6.07) is 1.69. The van der Waals surface area contributed by atoms with Crippen molar-refractivity contribution in [3.8, 4) is 6.07 Å². The molecular formula is C8H13NO2S. The maximum atomic E-state index is 11.2. The van der Waals surface area contributed by atoms with Crippen molar-refractivity contribution in [1.82, 2.24) is 0 Å². The van der Waals surface area contributed by atoms with Crippen LogP contribution in [0.3, 0.4) is 0 Å². The number of nitrogens with zero attached hydrogens (tertiary/aromatic N) is 1. The maximum Gasteiger partial charge on any atom is 0.163 e. The monoisotopic (exact) mass is 187 g/mol. The summed E-state index contributed by atoms with van der Waals surface area (Å²) < 4.78 is 22.3. The molecule has 12 heavy (non-hydrogen) atoms. The van der Waals surface area contributed by atoms with Crippen molar-refractivity contribution in [2.45, 2.75) is 25.7 Å². The molecular weight excluding hydrogens is 174 g/mol. The van der Waals surface area contributed by atoms with Gasteiger partial charge in [0.1, 0.15) is 5.75 Å². The Morgan fingerprint density at radius 3 is 2.42 bits per heavy atom. The van der Waals surface area contributed by atoms with Gasteiger partial charge in [0.2, 0.25) is 0 Å². The molecule has 0 radical (unpaired) electrons. The van der Waals surface area contributed by atoms with Crippen molar-refractivity contribution in [2.24, 2.45) is 5.92 Å². The Morgan fingerprint density at radius 2 is 1.92 bits per heavy atom. The zero-order valence-corrected chi connectivity index (χ0v) is 7.81. The first-order valence-corrected chi connectivity index (χ1v) is 6.03. The molecule has 0 atom stereocenters. The number of nitriles is 1. The van der Waals surface area contributed by atoms with Crippen LogP contribution in [0, 0.1) is 17.2 Å². The van der Waals surface area contributed by atoms with E-state index in [4.69, 9.17) is 5.26 Å². The fraction of sp³-hybridized carbons (Fsp3) is 0.875. The number of hydrogen-bond donors (Lipinski definition) is 0. The third kappa shape index (κ3) is 2.82. The van der Waals surface area contributed by atoms with E-state index < -0.39 is 9.84 Å². The average Bonchev–Trinajstić information content (AvgIpc) is 2.38. The largest absolute Gasteiger partial charge is 0.228 e. The summed E-state index contributed by atoms with van der Waals surface area (Å²) in [5.74, 6) is 0.229. The lowest BCUT2D eigenvalue weighted by Crippen LogP contribution is -2.16. The Hall–Kier alpha value is -0.560. The lowest BCUT2D eigenvalue weighted by Gasteiger charge is -2.06. The van der Waals surface area contributed by atoms with Crippen molar-refractivity contribution >= 4 is 9.84 Å². The van der Waals surface area contributed by atoms with Crippen LogP contribution < -0.4 is 0 Å². The summed E-state index contributed by atoms with van der Waals surface area (Å²) in [6.07, 6.45) is 4.33. The second kappa shape index (κ2) is 3.90. The van der Waals surface area contributed by atoms with Gasteiger partial charge in [0.25, 0.3) is 0 Å². The Bertz CT molecular complexity index is 270. The Morgan fingerprint density at radius 1 is 1.33 bits per heavy atom. The highest BCUT2D eigenvalue weighted by molar-refractivity contribution is 7.91. The van der Waals surface area contributed by atoms with Gasteiger partial charge in [-0.1, -0.05) is 12.8 Å². The van der Waals surface area contributed by atoms with Gasteiger partial charge in [-0.25, -0.2) is 8.42 Å². The average molecular weight is 187 g/mol. The summed E-state index contributed by atoms with van der Waals surface area (Å²) in [5, 5.41) is 8.25. The van der Waals surface area contributed by atoms with Crippen LogP contribution in [-0.2, 0) is 9.84 Å². The van der Waals surface area contributed by atoms with Gasteiger partial charge < -0.3 is 0 Å². The first-order chi connectivity index (χ1) is 5.64. The minimum Gasteiger partial charge on any atom is -0.228 e. The van der Waals surface area contributed by atoms with Crippen molar-refractivity contribution in [3.05, 3.63) is 0 Å². The Labute approximate surface area is 73.3 Å². The molecule has 0 heterocycles. The summed E-state index contributed by atoms with van der Waals surface area (Å²) in [5.41, 5.74) is 0. The van der Waals surface area contributed by atoms with E-state index in [1.807, 2.05) is 0 Å².